The number of benzene rings is 1. The number of hydrogen-bond acceptors (Lipinski definition) is 5. The Labute approximate surface area is 116 Å². The smallest absolute Gasteiger partial charge is 0.135 e. The first-order valence-corrected chi connectivity index (χ1v) is 7.26. The van der Waals surface area contributed by atoms with Crippen molar-refractivity contribution in [1.82, 2.24) is 9.97 Å². The van der Waals surface area contributed by atoms with E-state index < -0.39 is 0 Å². The quantitative estimate of drug-likeness (QED) is 0.930. The summed E-state index contributed by atoms with van der Waals surface area (Å²) in [4.78, 5) is 9.01. The lowest BCUT2D eigenvalue weighted by molar-refractivity contribution is 0.414. The SMILES string of the molecule is COc1ccc(Cc2nc(N)c3c(n2)CSC3)cc1. The van der Waals surface area contributed by atoms with Gasteiger partial charge in [0.2, 0.25) is 0 Å². The maximum Gasteiger partial charge on any atom is 0.135 e. The van der Waals surface area contributed by atoms with Crippen molar-refractivity contribution in [2.24, 2.45) is 0 Å². The number of hydrogen-bond donors (Lipinski definition) is 1. The molecule has 1 aliphatic heterocycles. The molecule has 0 bridgehead atoms. The van der Waals surface area contributed by atoms with Gasteiger partial charge in [-0.2, -0.15) is 11.8 Å². The van der Waals surface area contributed by atoms with E-state index in [2.05, 4.69) is 9.97 Å². The zero-order chi connectivity index (χ0) is 13.2. The fourth-order valence-corrected chi connectivity index (χ4v) is 3.19. The molecule has 1 aliphatic rings. The Hall–Kier alpha value is -1.75. The predicted molar refractivity (Wildman–Crippen MR) is 77.2 cm³/mol. The van der Waals surface area contributed by atoms with Gasteiger partial charge in [0, 0.05) is 23.5 Å². The molecule has 0 aliphatic carbocycles. The largest absolute Gasteiger partial charge is 0.497 e. The van der Waals surface area contributed by atoms with Crippen LogP contribution in [0.5, 0.6) is 5.75 Å². The summed E-state index contributed by atoms with van der Waals surface area (Å²) in [6.07, 6.45) is 0.701. The highest BCUT2D eigenvalue weighted by atomic mass is 32.2. The summed E-state index contributed by atoms with van der Waals surface area (Å²) < 4.78 is 5.14. The van der Waals surface area contributed by atoms with Gasteiger partial charge in [-0.05, 0) is 17.7 Å². The van der Waals surface area contributed by atoms with Gasteiger partial charge >= 0.3 is 0 Å². The highest BCUT2D eigenvalue weighted by Gasteiger charge is 2.18. The van der Waals surface area contributed by atoms with Crippen LogP contribution in [-0.2, 0) is 17.9 Å². The lowest BCUT2D eigenvalue weighted by atomic mass is 10.1. The molecule has 1 aromatic carbocycles. The third-order valence-electron chi connectivity index (χ3n) is 3.18. The number of anilines is 1. The third kappa shape index (κ3) is 2.51. The van der Waals surface area contributed by atoms with Gasteiger partial charge in [0.1, 0.15) is 17.4 Å². The second kappa shape index (κ2) is 5.09. The van der Waals surface area contributed by atoms with Gasteiger partial charge in [-0.1, -0.05) is 12.1 Å². The van der Waals surface area contributed by atoms with E-state index in [1.54, 1.807) is 7.11 Å². The van der Waals surface area contributed by atoms with E-state index in [4.69, 9.17) is 10.5 Å². The molecule has 19 heavy (non-hydrogen) atoms. The fraction of sp³-hybridized carbons (Fsp3) is 0.286. The molecular weight excluding hydrogens is 258 g/mol. The van der Waals surface area contributed by atoms with E-state index in [0.717, 1.165) is 39.9 Å². The molecule has 2 aromatic rings. The molecule has 0 atom stereocenters. The van der Waals surface area contributed by atoms with Crippen molar-refractivity contribution >= 4 is 17.6 Å². The Bertz CT molecular complexity index is 598. The highest BCUT2D eigenvalue weighted by Crippen LogP contribution is 2.31. The Morgan fingerprint density at radius 3 is 2.74 bits per heavy atom. The van der Waals surface area contributed by atoms with Crippen LogP contribution in [0.15, 0.2) is 24.3 Å². The standard InChI is InChI=1S/C14H15N3OS/c1-18-10-4-2-9(3-5-10)6-13-16-12-8-19-7-11(12)14(15)17-13/h2-5H,6-8H2,1H3,(H2,15,16,17). The second-order valence-electron chi connectivity index (χ2n) is 4.47. The zero-order valence-electron chi connectivity index (χ0n) is 10.7. The van der Waals surface area contributed by atoms with Gasteiger partial charge in [0.05, 0.1) is 12.8 Å². The summed E-state index contributed by atoms with van der Waals surface area (Å²) in [5, 5.41) is 0. The molecule has 3 rings (SSSR count). The van der Waals surface area contributed by atoms with E-state index in [0.29, 0.717) is 12.2 Å². The van der Waals surface area contributed by atoms with Gasteiger partial charge < -0.3 is 10.5 Å². The summed E-state index contributed by atoms with van der Waals surface area (Å²) in [5.74, 6) is 4.17. The van der Waals surface area contributed by atoms with Crippen molar-refractivity contribution in [3.63, 3.8) is 0 Å². The average molecular weight is 273 g/mol. The maximum absolute atomic E-state index is 5.99. The van der Waals surface area contributed by atoms with Crippen LogP contribution in [0.1, 0.15) is 22.6 Å². The number of ether oxygens (including phenoxy) is 1. The van der Waals surface area contributed by atoms with Crippen LogP contribution in [-0.4, -0.2) is 17.1 Å². The minimum Gasteiger partial charge on any atom is -0.497 e. The Balaban J connectivity index is 1.84. The van der Waals surface area contributed by atoms with Crippen LogP contribution >= 0.6 is 11.8 Å². The van der Waals surface area contributed by atoms with Crippen molar-refractivity contribution in [3.05, 3.63) is 46.9 Å². The number of nitrogens with two attached hydrogens (primary N) is 1. The molecule has 0 amide bonds. The van der Waals surface area contributed by atoms with E-state index in [1.165, 1.54) is 0 Å². The van der Waals surface area contributed by atoms with E-state index in [1.807, 2.05) is 36.0 Å². The van der Waals surface area contributed by atoms with Crippen LogP contribution in [0.2, 0.25) is 0 Å². The van der Waals surface area contributed by atoms with Crippen molar-refractivity contribution in [1.29, 1.82) is 0 Å². The predicted octanol–water partition coefficient (Wildman–Crippen LogP) is 2.41. The van der Waals surface area contributed by atoms with Gasteiger partial charge in [0.25, 0.3) is 0 Å². The molecule has 0 saturated heterocycles. The van der Waals surface area contributed by atoms with Gasteiger partial charge in [-0.15, -0.1) is 0 Å². The normalized spacial score (nSPS) is 13.3. The monoisotopic (exact) mass is 273 g/mol. The molecule has 0 spiro atoms. The van der Waals surface area contributed by atoms with Crippen molar-refractivity contribution < 1.29 is 4.74 Å². The van der Waals surface area contributed by atoms with Crippen LogP contribution in [0.25, 0.3) is 0 Å². The molecular formula is C14H15N3OS. The summed E-state index contributed by atoms with van der Waals surface area (Å²) in [6, 6.07) is 7.95. The third-order valence-corrected chi connectivity index (χ3v) is 4.15. The number of methoxy groups -OCH3 is 1. The molecule has 5 heteroatoms. The summed E-state index contributed by atoms with van der Waals surface area (Å²) in [5.41, 5.74) is 9.36. The summed E-state index contributed by atoms with van der Waals surface area (Å²) in [7, 11) is 1.66. The molecule has 2 N–H and O–H groups in total. The fourth-order valence-electron chi connectivity index (χ4n) is 2.13. The number of rotatable bonds is 3. The van der Waals surface area contributed by atoms with E-state index >= 15 is 0 Å². The van der Waals surface area contributed by atoms with Crippen LogP contribution in [0.3, 0.4) is 0 Å². The maximum atomic E-state index is 5.99. The minimum absolute atomic E-state index is 0.638. The number of nitrogen functional groups attached to an aromatic ring is 1. The number of fused-ring (bicyclic) bond motifs is 1. The lowest BCUT2D eigenvalue weighted by Crippen LogP contribution is -2.06. The Morgan fingerprint density at radius 2 is 2.00 bits per heavy atom. The molecule has 4 nitrogen and oxygen atoms in total. The average Bonchev–Trinajstić information content (AvgIpc) is 2.88. The number of aromatic nitrogens is 2. The zero-order valence-corrected chi connectivity index (χ0v) is 11.5. The lowest BCUT2D eigenvalue weighted by Gasteiger charge is -2.07. The topological polar surface area (TPSA) is 61.0 Å². The van der Waals surface area contributed by atoms with Gasteiger partial charge in [0.15, 0.2) is 0 Å². The first kappa shape index (κ1) is 12.3. The molecule has 0 saturated carbocycles. The first-order chi connectivity index (χ1) is 9.26. The van der Waals surface area contributed by atoms with Crippen LogP contribution in [0.4, 0.5) is 5.82 Å². The summed E-state index contributed by atoms with van der Waals surface area (Å²) >= 11 is 1.84. The Morgan fingerprint density at radius 1 is 1.21 bits per heavy atom. The molecule has 1 aromatic heterocycles. The number of nitrogens with zero attached hydrogens (tertiary/aromatic N) is 2. The van der Waals surface area contributed by atoms with Crippen molar-refractivity contribution in [2.75, 3.05) is 12.8 Å². The molecule has 98 valence electrons. The molecule has 2 heterocycles. The number of thioether (sulfide) groups is 1. The molecule has 0 radical (unpaired) electrons. The molecule has 0 fully saturated rings. The van der Waals surface area contributed by atoms with Crippen molar-refractivity contribution in [2.45, 2.75) is 17.9 Å². The minimum atomic E-state index is 0.638. The summed E-state index contributed by atoms with van der Waals surface area (Å²) in [6.45, 7) is 0. The van der Waals surface area contributed by atoms with E-state index in [-0.39, 0.29) is 0 Å². The van der Waals surface area contributed by atoms with Crippen molar-refractivity contribution in [3.8, 4) is 5.75 Å². The van der Waals surface area contributed by atoms with E-state index in [9.17, 15) is 0 Å². The Kier molecular flexibility index (Phi) is 3.29. The van der Waals surface area contributed by atoms with Gasteiger partial charge in [-0.3, -0.25) is 0 Å². The van der Waals surface area contributed by atoms with Crippen LogP contribution < -0.4 is 10.5 Å². The van der Waals surface area contributed by atoms with Crippen LogP contribution in [0, 0.1) is 0 Å². The first-order valence-electron chi connectivity index (χ1n) is 6.11. The van der Waals surface area contributed by atoms with Gasteiger partial charge in [-0.25, -0.2) is 9.97 Å². The second-order valence-corrected chi connectivity index (χ2v) is 5.45. The molecule has 0 unspecified atom stereocenters. The highest BCUT2D eigenvalue weighted by molar-refractivity contribution is 7.98.